The molecule has 3 aromatic carbocycles. The maximum atomic E-state index is 12.6. The molecule has 116 valence electrons. The van der Waals surface area contributed by atoms with Gasteiger partial charge in [0.25, 0.3) is 0 Å². The summed E-state index contributed by atoms with van der Waals surface area (Å²) < 4.78 is 5.36. The number of hydrogen-bond donors (Lipinski definition) is 0. The van der Waals surface area contributed by atoms with Crippen molar-refractivity contribution in [3.8, 4) is 5.75 Å². The second-order valence-electron chi connectivity index (χ2n) is 5.71. The van der Waals surface area contributed by atoms with E-state index in [9.17, 15) is 9.59 Å². The van der Waals surface area contributed by atoms with Crippen LogP contribution in [-0.2, 0) is 4.79 Å². The molecule has 1 aliphatic heterocycles. The van der Waals surface area contributed by atoms with Crippen LogP contribution in [-0.4, -0.2) is 11.8 Å². The number of fused-ring (bicyclic) bond motifs is 1. The number of esters is 1. The van der Waals surface area contributed by atoms with E-state index in [2.05, 4.69) is 0 Å². The average Bonchev–Trinajstić information content (AvgIpc) is 2.97. The van der Waals surface area contributed by atoms with Crippen molar-refractivity contribution in [2.75, 3.05) is 0 Å². The number of rotatable bonds is 3. The number of benzene rings is 3. The zero-order chi connectivity index (χ0) is 16.5. The zero-order valence-corrected chi connectivity index (χ0v) is 12.8. The van der Waals surface area contributed by atoms with Crippen molar-refractivity contribution in [3.05, 3.63) is 101 Å². The van der Waals surface area contributed by atoms with Gasteiger partial charge in [0.1, 0.15) is 11.7 Å². The third-order valence-electron chi connectivity index (χ3n) is 4.20. The van der Waals surface area contributed by atoms with Gasteiger partial charge in [-0.1, -0.05) is 60.7 Å². The summed E-state index contributed by atoms with van der Waals surface area (Å²) in [7, 11) is 0. The van der Waals surface area contributed by atoms with Crippen LogP contribution in [0, 0.1) is 0 Å². The summed E-state index contributed by atoms with van der Waals surface area (Å²) in [6, 6.07) is 23.8. The molecular weight excluding hydrogens is 300 g/mol. The van der Waals surface area contributed by atoms with Crippen molar-refractivity contribution in [1.82, 2.24) is 0 Å². The van der Waals surface area contributed by atoms with Gasteiger partial charge >= 0.3 is 5.97 Å². The maximum Gasteiger partial charge on any atom is 0.323 e. The SMILES string of the molecule is O=C(c1ccccc1)c1ccc2c(c1)C(c1ccccc1)C(=O)O2. The maximum absolute atomic E-state index is 12.6. The van der Waals surface area contributed by atoms with Crippen LogP contribution in [0.1, 0.15) is 33.0 Å². The molecule has 0 bridgehead atoms. The highest BCUT2D eigenvalue weighted by Gasteiger charge is 2.35. The number of carbonyl (C=O) groups is 2. The van der Waals surface area contributed by atoms with Crippen molar-refractivity contribution >= 4 is 11.8 Å². The van der Waals surface area contributed by atoms with Crippen molar-refractivity contribution < 1.29 is 14.3 Å². The minimum Gasteiger partial charge on any atom is -0.425 e. The molecule has 1 aliphatic rings. The average molecular weight is 314 g/mol. The lowest BCUT2D eigenvalue weighted by atomic mass is 9.90. The van der Waals surface area contributed by atoms with Crippen LogP contribution < -0.4 is 4.74 Å². The first kappa shape index (κ1) is 14.4. The van der Waals surface area contributed by atoms with Crippen LogP contribution in [0.15, 0.2) is 78.9 Å². The van der Waals surface area contributed by atoms with Gasteiger partial charge < -0.3 is 4.74 Å². The van der Waals surface area contributed by atoms with Gasteiger partial charge in [-0.15, -0.1) is 0 Å². The van der Waals surface area contributed by atoms with Crippen LogP contribution in [0.3, 0.4) is 0 Å². The molecule has 0 N–H and O–H groups in total. The molecule has 24 heavy (non-hydrogen) atoms. The van der Waals surface area contributed by atoms with Crippen LogP contribution >= 0.6 is 0 Å². The largest absolute Gasteiger partial charge is 0.425 e. The van der Waals surface area contributed by atoms with Gasteiger partial charge in [-0.25, -0.2) is 0 Å². The number of hydrogen-bond acceptors (Lipinski definition) is 3. The molecule has 3 nitrogen and oxygen atoms in total. The molecule has 0 fully saturated rings. The predicted molar refractivity (Wildman–Crippen MR) is 90.2 cm³/mol. The molecule has 0 saturated carbocycles. The fraction of sp³-hybridized carbons (Fsp3) is 0.0476. The van der Waals surface area contributed by atoms with Gasteiger partial charge in [0, 0.05) is 16.7 Å². The Morgan fingerprint density at radius 1 is 0.792 bits per heavy atom. The van der Waals surface area contributed by atoms with Gasteiger partial charge in [0.05, 0.1) is 0 Å². The van der Waals surface area contributed by atoms with Gasteiger partial charge in [-0.2, -0.15) is 0 Å². The fourth-order valence-corrected chi connectivity index (χ4v) is 3.02. The second-order valence-corrected chi connectivity index (χ2v) is 5.71. The molecule has 0 radical (unpaired) electrons. The van der Waals surface area contributed by atoms with Gasteiger partial charge in [0.15, 0.2) is 5.78 Å². The summed E-state index contributed by atoms with van der Waals surface area (Å²) in [6.45, 7) is 0. The first-order valence-corrected chi connectivity index (χ1v) is 7.74. The standard InChI is InChI=1S/C21H14O3/c22-20(15-9-5-2-6-10-15)16-11-12-18-17(13-16)19(21(23)24-18)14-7-3-1-4-8-14/h1-13,19H. The summed E-state index contributed by atoms with van der Waals surface area (Å²) in [5.41, 5.74) is 2.79. The van der Waals surface area contributed by atoms with E-state index in [1.165, 1.54) is 0 Å². The molecular formula is C21H14O3. The Morgan fingerprint density at radius 3 is 2.17 bits per heavy atom. The summed E-state index contributed by atoms with van der Waals surface area (Å²) in [5.74, 6) is -0.326. The zero-order valence-electron chi connectivity index (χ0n) is 12.8. The monoisotopic (exact) mass is 314 g/mol. The van der Waals surface area contributed by atoms with E-state index in [1.54, 1.807) is 30.3 Å². The summed E-state index contributed by atoms with van der Waals surface area (Å²) in [4.78, 5) is 24.9. The molecule has 1 unspecified atom stereocenters. The molecule has 0 spiro atoms. The normalized spacial score (nSPS) is 15.7. The van der Waals surface area contributed by atoms with Crippen LogP contribution in [0.4, 0.5) is 0 Å². The van der Waals surface area contributed by atoms with Crippen molar-refractivity contribution in [1.29, 1.82) is 0 Å². The highest BCUT2D eigenvalue weighted by atomic mass is 16.5. The minimum absolute atomic E-state index is 0.0652. The molecule has 0 aromatic heterocycles. The van der Waals surface area contributed by atoms with E-state index < -0.39 is 5.92 Å². The Morgan fingerprint density at radius 2 is 1.46 bits per heavy atom. The lowest BCUT2D eigenvalue weighted by Crippen LogP contribution is -2.11. The van der Waals surface area contributed by atoms with Crippen LogP contribution in [0.2, 0.25) is 0 Å². The molecule has 1 heterocycles. The number of carbonyl (C=O) groups excluding carboxylic acids is 2. The van der Waals surface area contributed by atoms with Crippen molar-refractivity contribution in [3.63, 3.8) is 0 Å². The Balaban J connectivity index is 1.77. The van der Waals surface area contributed by atoms with E-state index in [0.29, 0.717) is 16.9 Å². The molecule has 0 aliphatic carbocycles. The lowest BCUT2D eigenvalue weighted by molar-refractivity contribution is -0.133. The topological polar surface area (TPSA) is 43.4 Å². The Kier molecular flexibility index (Phi) is 3.47. The highest BCUT2D eigenvalue weighted by Crippen LogP contribution is 2.39. The second kappa shape index (κ2) is 5.78. The van der Waals surface area contributed by atoms with E-state index in [1.807, 2.05) is 48.5 Å². The van der Waals surface area contributed by atoms with Gasteiger partial charge in [-0.05, 0) is 23.8 Å². The minimum atomic E-state index is -0.482. The first-order valence-electron chi connectivity index (χ1n) is 7.74. The Labute approximate surface area is 139 Å². The highest BCUT2D eigenvalue weighted by molar-refractivity contribution is 6.09. The third-order valence-corrected chi connectivity index (χ3v) is 4.20. The molecule has 3 heteroatoms. The van der Waals surface area contributed by atoms with Crippen LogP contribution in [0.25, 0.3) is 0 Å². The predicted octanol–water partition coefficient (Wildman–Crippen LogP) is 3.97. The first-order chi connectivity index (χ1) is 11.7. The van der Waals surface area contributed by atoms with E-state index in [-0.39, 0.29) is 11.8 Å². The molecule has 0 amide bonds. The smallest absolute Gasteiger partial charge is 0.323 e. The van der Waals surface area contributed by atoms with Gasteiger partial charge in [-0.3, -0.25) is 9.59 Å². The fourth-order valence-electron chi connectivity index (χ4n) is 3.02. The third kappa shape index (κ3) is 2.40. The lowest BCUT2D eigenvalue weighted by Gasteiger charge is -2.08. The quantitative estimate of drug-likeness (QED) is 0.417. The molecule has 4 rings (SSSR count). The van der Waals surface area contributed by atoms with Crippen molar-refractivity contribution in [2.45, 2.75) is 5.92 Å². The summed E-state index contributed by atoms with van der Waals surface area (Å²) >= 11 is 0. The molecule has 0 saturated heterocycles. The Hall–Kier alpha value is -3.20. The van der Waals surface area contributed by atoms with E-state index in [0.717, 1.165) is 11.1 Å². The van der Waals surface area contributed by atoms with E-state index >= 15 is 0 Å². The molecule has 3 aromatic rings. The number of ether oxygens (including phenoxy) is 1. The van der Waals surface area contributed by atoms with E-state index in [4.69, 9.17) is 4.74 Å². The van der Waals surface area contributed by atoms with Crippen LogP contribution in [0.5, 0.6) is 5.75 Å². The summed E-state index contributed by atoms with van der Waals surface area (Å²) in [6.07, 6.45) is 0. The van der Waals surface area contributed by atoms with Gasteiger partial charge in [0.2, 0.25) is 0 Å². The Bertz CT molecular complexity index is 914. The molecule has 1 atom stereocenters. The number of ketones is 1. The summed E-state index contributed by atoms with van der Waals surface area (Å²) in [5, 5.41) is 0. The van der Waals surface area contributed by atoms with Crippen molar-refractivity contribution in [2.24, 2.45) is 0 Å².